The first-order valence-corrected chi connectivity index (χ1v) is 17.8. The topological polar surface area (TPSA) is 111 Å². The summed E-state index contributed by atoms with van der Waals surface area (Å²) in [7, 11) is 0. The lowest BCUT2D eigenvalue weighted by atomic mass is 9.90. The van der Waals surface area contributed by atoms with E-state index in [4.69, 9.17) is 37.9 Å². The summed E-state index contributed by atoms with van der Waals surface area (Å²) in [5.41, 5.74) is 3.73. The highest BCUT2D eigenvalue weighted by Gasteiger charge is 2.60. The van der Waals surface area contributed by atoms with E-state index in [2.05, 4.69) is 0 Å². The molecule has 10 heteroatoms. The maximum Gasteiger partial charge on any atom is 0.195 e. The SMILES string of the molecule is CC1(C)O[C@H]2O[C@H](C(O)[C@H]3O[C@H](COCc4ccccc4)[C@@H](OCc4ccccc4)[C@H](OCc4ccccc4)C3=O)[C@H](OCc3ccccc3)[C@H]2O1. The number of aliphatic hydroxyl groups excluding tert-OH is 1. The van der Waals surface area contributed by atoms with Crippen LogP contribution in [0, 0.1) is 0 Å². The van der Waals surface area contributed by atoms with Gasteiger partial charge in [0.25, 0.3) is 0 Å². The van der Waals surface area contributed by atoms with E-state index in [1.165, 1.54) is 0 Å². The van der Waals surface area contributed by atoms with Gasteiger partial charge in [0, 0.05) is 0 Å². The molecule has 0 aromatic heterocycles. The predicted molar refractivity (Wildman–Crippen MR) is 190 cm³/mol. The van der Waals surface area contributed by atoms with Crippen molar-refractivity contribution in [2.24, 2.45) is 0 Å². The van der Waals surface area contributed by atoms with Crippen molar-refractivity contribution in [1.82, 2.24) is 0 Å². The van der Waals surface area contributed by atoms with Crippen molar-refractivity contribution >= 4 is 5.78 Å². The van der Waals surface area contributed by atoms with Crippen molar-refractivity contribution in [2.75, 3.05) is 6.61 Å². The molecule has 1 unspecified atom stereocenters. The molecule has 3 saturated heterocycles. The van der Waals surface area contributed by atoms with Crippen LogP contribution in [-0.2, 0) is 69.1 Å². The van der Waals surface area contributed by atoms with Crippen LogP contribution in [0.5, 0.6) is 0 Å². The van der Waals surface area contributed by atoms with Gasteiger partial charge in [-0.25, -0.2) is 0 Å². The van der Waals surface area contributed by atoms with E-state index in [0.717, 1.165) is 22.3 Å². The number of ketones is 1. The third-order valence-corrected chi connectivity index (χ3v) is 9.46. The van der Waals surface area contributed by atoms with Crippen molar-refractivity contribution in [2.45, 2.75) is 101 Å². The molecule has 0 aliphatic carbocycles. The monoisotopic (exact) mass is 710 g/mol. The maximum absolute atomic E-state index is 14.6. The zero-order chi connectivity index (χ0) is 35.9. The van der Waals surface area contributed by atoms with Crippen molar-refractivity contribution in [1.29, 1.82) is 0 Å². The van der Waals surface area contributed by atoms with Crippen molar-refractivity contribution in [3.05, 3.63) is 144 Å². The Morgan fingerprint density at radius 3 is 1.65 bits per heavy atom. The third kappa shape index (κ3) is 8.86. The summed E-state index contributed by atoms with van der Waals surface area (Å²) in [5.74, 6) is -1.39. The molecule has 52 heavy (non-hydrogen) atoms. The lowest BCUT2D eigenvalue weighted by Gasteiger charge is -2.43. The first-order chi connectivity index (χ1) is 25.3. The van der Waals surface area contributed by atoms with Crippen LogP contribution in [0.4, 0.5) is 0 Å². The number of Topliss-reactive ketones (excluding diaryl/α,β-unsaturated/α-hetero) is 1. The molecule has 0 spiro atoms. The number of carbonyl (C=O) groups excluding carboxylic acids is 1. The van der Waals surface area contributed by atoms with E-state index in [1.54, 1.807) is 13.8 Å². The van der Waals surface area contributed by atoms with Crippen LogP contribution in [0.1, 0.15) is 36.1 Å². The largest absolute Gasteiger partial charge is 0.387 e. The fourth-order valence-electron chi connectivity index (χ4n) is 6.91. The molecule has 3 heterocycles. The summed E-state index contributed by atoms with van der Waals surface area (Å²) in [6, 6.07) is 38.8. The maximum atomic E-state index is 14.6. The molecular formula is C42H46O10. The Balaban J connectivity index is 1.16. The number of hydrogen-bond donors (Lipinski definition) is 1. The van der Waals surface area contributed by atoms with Gasteiger partial charge in [0.1, 0.15) is 48.8 Å². The van der Waals surface area contributed by atoms with Gasteiger partial charge in [-0.15, -0.1) is 0 Å². The Labute approximate surface area is 304 Å². The standard InChI is InChI=1S/C42H46O10/c1-42(2)51-40-39(48-26-31-21-13-6-14-22-31)38(50-41(40)52-42)34(44)36-33(43)37(47-25-30-19-11-5-12-20-30)35(46-24-29-17-9-4-10-18-29)32(49-36)27-45-23-28-15-7-3-8-16-28/h3-22,32,34-41,44H,23-27H2,1-2H3/t32-,34?,35-,36+,37-,38-,39+,40-,41-/m1/s1. The fraction of sp³-hybridized carbons (Fsp3) is 0.405. The average Bonchev–Trinajstić information content (AvgIpc) is 3.65. The Morgan fingerprint density at radius 2 is 1.12 bits per heavy atom. The first-order valence-electron chi connectivity index (χ1n) is 17.8. The molecule has 1 N–H and O–H groups in total. The first kappa shape index (κ1) is 36.5. The molecule has 0 amide bonds. The summed E-state index contributed by atoms with van der Waals surface area (Å²) in [6.45, 7) is 4.58. The molecule has 10 nitrogen and oxygen atoms in total. The molecule has 0 bridgehead atoms. The van der Waals surface area contributed by atoms with Gasteiger partial charge in [-0.1, -0.05) is 121 Å². The highest BCUT2D eigenvalue weighted by molar-refractivity contribution is 5.89. The third-order valence-electron chi connectivity index (χ3n) is 9.46. The molecule has 274 valence electrons. The minimum Gasteiger partial charge on any atom is -0.387 e. The zero-order valence-electron chi connectivity index (χ0n) is 29.4. The number of aliphatic hydroxyl groups is 1. The Kier molecular flexibility index (Phi) is 11.9. The molecule has 3 aliphatic rings. The highest BCUT2D eigenvalue weighted by atomic mass is 16.8. The average molecular weight is 711 g/mol. The second-order valence-electron chi connectivity index (χ2n) is 13.8. The Morgan fingerprint density at radius 1 is 0.635 bits per heavy atom. The number of hydrogen-bond acceptors (Lipinski definition) is 10. The summed E-state index contributed by atoms with van der Waals surface area (Å²) >= 11 is 0. The van der Waals surface area contributed by atoms with Crippen molar-refractivity contribution in [3.63, 3.8) is 0 Å². The molecular weight excluding hydrogens is 664 g/mol. The fourth-order valence-corrected chi connectivity index (χ4v) is 6.91. The van der Waals surface area contributed by atoms with Crippen molar-refractivity contribution < 1.29 is 47.8 Å². The molecule has 9 atom stereocenters. The van der Waals surface area contributed by atoms with Crippen LogP contribution in [0.3, 0.4) is 0 Å². The number of benzene rings is 4. The molecule has 0 saturated carbocycles. The second-order valence-corrected chi connectivity index (χ2v) is 13.8. The molecule has 4 aromatic carbocycles. The summed E-state index contributed by atoms with van der Waals surface area (Å²) < 4.78 is 50.5. The number of carbonyl (C=O) groups is 1. The van der Waals surface area contributed by atoms with E-state index < -0.39 is 66.7 Å². The van der Waals surface area contributed by atoms with Crippen LogP contribution in [0.15, 0.2) is 121 Å². The molecule has 0 radical (unpaired) electrons. The van der Waals surface area contributed by atoms with Gasteiger partial charge in [0.05, 0.1) is 33.0 Å². The second kappa shape index (κ2) is 16.9. The van der Waals surface area contributed by atoms with Gasteiger partial charge in [-0.3, -0.25) is 4.79 Å². The van der Waals surface area contributed by atoms with E-state index in [9.17, 15) is 9.90 Å². The lowest BCUT2D eigenvalue weighted by molar-refractivity contribution is -0.255. The van der Waals surface area contributed by atoms with Gasteiger partial charge in [-0.2, -0.15) is 0 Å². The number of fused-ring (bicyclic) bond motifs is 1. The molecule has 7 rings (SSSR count). The summed E-state index contributed by atoms with van der Waals surface area (Å²) in [4.78, 5) is 14.6. The van der Waals surface area contributed by atoms with E-state index in [1.807, 2.05) is 121 Å². The van der Waals surface area contributed by atoms with Crippen LogP contribution in [0.25, 0.3) is 0 Å². The minimum absolute atomic E-state index is 0.0706. The van der Waals surface area contributed by atoms with Crippen LogP contribution >= 0.6 is 0 Å². The van der Waals surface area contributed by atoms with Crippen LogP contribution < -0.4 is 0 Å². The summed E-state index contributed by atoms with van der Waals surface area (Å²) in [5, 5.41) is 12.1. The van der Waals surface area contributed by atoms with E-state index in [0.29, 0.717) is 6.61 Å². The number of ether oxygens (including phenoxy) is 8. The summed E-state index contributed by atoms with van der Waals surface area (Å²) in [6.07, 6.45) is -8.82. The van der Waals surface area contributed by atoms with Gasteiger partial charge in [0.2, 0.25) is 0 Å². The van der Waals surface area contributed by atoms with Gasteiger partial charge < -0.3 is 43.0 Å². The van der Waals surface area contributed by atoms with E-state index in [-0.39, 0.29) is 26.4 Å². The quantitative estimate of drug-likeness (QED) is 0.169. The van der Waals surface area contributed by atoms with Crippen molar-refractivity contribution in [3.8, 4) is 0 Å². The Bertz CT molecular complexity index is 1690. The lowest BCUT2D eigenvalue weighted by Crippen LogP contribution is -2.63. The normalized spacial score (nSPS) is 28.8. The zero-order valence-corrected chi connectivity index (χ0v) is 29.4. The molecule has 4 aromatic rings. The Hall–Kier alpha value is -3.81. The number of rotatable bonds is 15. The molecule has 3 aliphatic heterocycles. The van der Waals surface area contributed by atoms with Gasteiger partial charge in [-0.05, 0) is 36.1 Å². The van der Waals surface area contributed by atoms with Crippen LogP contribution in [-0.4, -0.2) is 78.4 Å². The van der Waals surface area contributed by atoms with Gasteiger partial charge >= 0.3 is 0 Å². The molecule has 3 fully saturated rings. The minimum atomic E-state index is -1.47. The highest BCUT2D eigenvalue weighted by Crippen LogP contribution is 2.41. The van der Waals surface area contributed by atoms with E-state index >= 15 is 0 Å². The van der Waals surface area contributed by atoms with Gasteiger partial charge in [0.15, 0.2) is 17.9 Å². The smallest absolute Gasteiger partial charge is 0.195 e. The predicted octanol–water partition coefficient (Wildman–Crippen LogP) is 5.53. The van der Waals surface area contributed by atoms with Crippen LogP contribution in [0.2, 0.25) is 0 Å².